The first-order chi connectivity index (χ1) is 8.24. The fourth-order valence-corrected chi connectivity index (χ4v) is 2.20. The number of aliphatic hydroxyl groups excluding tert-OH is 1. The van der Waals surface area contributed by atoms with Crippen LogP contribution in [0.1, 0.15) is 51.9 Å². The Morgan fingerprint density at radius 2 is 2.00 bits per heavy atom. The van der Waals surface area contributed by atoms with E-state index in [1.54, 1.807) is 0 Å². The Bertz CT molecular complexity index is 190. The normalized spacial score (nSPS) is 23.8. The van der Waals surface area contributed by atoms with Crippen LogP contribution in [-0.4, -0.2) is 42.1 Å². The molecule has 0 aliphatic carbocycles. The maximum absolute atomic E-state index is 11.2. The second kappa shape index (κ2) is 8.86. The van der Waals surface area contributed by atoms with Gasteiger partial charge in [-0.3, -0.25) is 0 Å². The maximum atomic E-state index is 11.2. The molecule has 1 rings (SSSR count). The number of hydroxylamine groups is 2. The fourth-order valence-electron chi connectivity index (χ4n) is 2.20. The molecule has 1 aliphatic heterocycles. The Balaban J connectivity index is 2.02. The molecule has 102 valence electrons. The molecular weight excluding hydrogens is 218 g/mol. The van der Waals surface area contributed by atoms with E-state index in [0.717, 1.165) is 17.9 Å². The zero-order chi connectivity index (χ0) is 12.5. The van der Waals surface area contributed by atoms with Gasteiger partial charge in [0.05, 0.1) is 18.8 Å². The first kappa shape index (κ1) is 14.9. The van der Waals surface area contributed by atoms with Crippen molar-refractivity contribution in [3.05, 3.63) is 5.21 Å². The molecule has 0 aromatic rings. The predicted octanol–water partition coefficient (Wildman–Crippen LogP) is 2.30. The molecule has 1 aliphatic rings. The van der Waals surface area contributed by atoms with Crippen LogP contribution in [0.15, 0.2) is 0 Å². The first-order valence-corrected chi connectivity index (χ1v) is 6.95. The van der Waals surface area contributed by atoms with Crippen molar-refractivity contribution in [3.63, 3.8) is 0 Å². The molecule has 0 saturated carbocycles. The van der Waals surface area contributed by atoms with Crippen LogP contribution in [-0.2, 0) is 4.74 Å². The van der Waals surface area contributed by atoms with E-state index in [2.05, 4.69) is 6.92 Å². The third-order valence-electron chi connectivity index (χ3n) is 3.34. The highest BCUT2D eigenvalue weighted by atomic mass is 16.5. The molecule has 1 heterocycles. The van der Waals surface area contributed by atoms with Crippen molar-refractivity contribution in [1.29, 1.82) is 0 Å². The molecule has 2 atom stereocenters. The van der Waals surface area contributed by atoms with E-state index in [4.69, 9.17) is 4.74 Å². The van der Waals surface area contributed by atoms with E-state index in [1.165, 1.54) is 32.1 Å². The molecule has 1 N–H and O–H groups in total. The smallest absolute Gasteiger partial charge is 0.0951 e. The Morgan fingerprint density at radius 1 is 1.29 bits per heavy atom. The topological polar surface area (TPSA) is 55.8 Å². The lowest BCUT2D eigenvalue weighted by Crippen LogP contribution is -2.45. The van der Waals surface area contributed by atoms with Crippen LogP contribution in [0.2, 0.25) is 0 Å². The van der Waals surface area contributed by atoms with Crippen LogP contribution in [0.4, 0.5) is 0 Å². The van der Waals surface area contributed by atoms with Crippen molar-refractivity contribution in [2.24, 2.45) is 0 Å². The van der Waals surface area contributed by atoms with Gasteiger partial charge in [0.1, 0.15) is 0 Å². The summed E-state index contributed by atoms with van der Waals surface area (Å²) >= 11 is 0. The van der Waals surface area contributed by atoms with Crippen molar-refractivity contribution in [1.82, 2.24) is 5.06 Å². The van der Waals surface area contributed by atoms with Gasteiger partial charge >= 0.3 is 0 Å². The monoisotopic (exact) mass is 244 g/mol. The highest BCUT2D eigenvalue weighted by Gasteiger charge is 2.22. The van der Waals surface area contributed by atoms with Crippen LogP contribution in [0.3, 0.4) is 0 Å². The minimum Gasteiger partial charge on any atom is -0.785 e. The SMILES string of the molecule is CCCCCCCCC(O)C1CN([O-])CCO1. The summed E-state index contributed by atoms with van der Waals surface area (Å²) in [5.41, 5.74) is 0. The van der Waals surface area contributed by atoms with E-state index in [1.807, 2.05) is 0 Å². The third-order valence-corrected chi connectivity index (χ3v) is 3.34. The molecular formula is C13H26NO3-. The highest BCUT2D eigenvalue weighted by Crippen LogP contribution is 2.14. The summed E-state index contributed by atoms with van der Waals surface area (Å²) < 4.78 is 5.41. The molecule has 0 radical (unpaired) electrons. The van der Waals surface area contributed by atoms with E-state index in [-0.39, 0.29) is 6.10 Å². The van der Waals surface area contributed by atoms with Gasteiger partial charge in [0, 0.05) is 13.1 Å². The van der Waals surface area contributed by atoms with Gasteiger partial charge in [0.25, 0.3) is 0 Å². The molecule has 4 nitrogen and oxygen atoms in total. The number of ether oxygens (including phenoxy) is 1. The van der Waals surface area contributed by atoms with Crippen molar-refractivity contribution in [2.75, 3.05) is 19.7 Å². The third kappa shape index (κ3) is 6.36. The van der Waals surface area contributed by atoms with Crippen LogP contribution in [0.5, 0.6) is 0 Å². The lowest BCUT2D eigenvalue weighted by molar-refractivity contribution is -0.0810. The Kier molecular flexibility index (Phi) is 7.77. The molecule has 17 heavy (non-hydrogen) atoms. The minimum atomic E-state index is -0.474. The Morgan fingerprint density at radius 3 is 2.71 bits per heavy atom. The Hall–Kier alpha value is -0.160. The van der Waals surface area contributed by atoms with Gasteiger partial charge in [-0.15, -0.1) is 0 Å². The van der Waals surface area contributed by atoms with Gasteiger partial charge in [-0.2, -0.15) is 0 Å². The van der Waals surface area contributed by atoms with Crippen molar-refractivity contribution in [3.8, 4) is 0 Å². The summed E-state index contributed by atoms with van der Waals surface area (Å²) in [6.07, 6.45) is 7.31. The van der Waals surface area contributed by atoms with Gasteiger partial charge in [0.2, 0.25) is 0 Å². The van der Waals surface area contributed by atoms with Crippen molar-refractivity contribution >= 4 is 0 Å². The second-order valence-corrected chi connectivity index (χ2v) is 4.92. The van der Waals surface area contributed by atoms with Crippen molar-refractivity contribution < 1.29 is 9.84 Å². The molecule has 1 saturated heterocycles. The fraction of sp³-hybridized carbons (Fsp3) is 1.00. The maximum Gasteiger partial charge on any atom is 0.0951 e. The number of unbranched alkanes of at least 4 members (excludes halogenated alkanes) is 5. The number of hydrogen-bond donors (Lipinski definition) is 1. The van der Waals surface area contributed by atoms with Gasteiger partial charge in [-0.1, -0.05) is 45.4 Å². The molecule has 0 amide bonds. The summed E-state index contributed by atoms with van der Waals surface area (Å²) in [7, 11) is 0. The van der Waals surface area contributed by atoms with Crippen LogP contribution < -0.4 is 0 Å². The molecule has 0 aromatic carbocycles. The van der Waals surface area contributed by atoms with Gasteiger partial charge in [-0.25, -0.2) is 0 Å². The van der Waals surface area contributed by atoms with Crippen molar-refractivity contribution in [2.45, 2.75) is 64.1 Å². The average molecular weight is 244 g/mol. The van der Waals surface area contributed by atoms with Crippen LogP contribution >= 0.6 is 0 Å². The lowest BCUT2D eigenvalue weighted by Gasteiger charge is -2.39. The standard InChI is InChI=1S/C13H26NO3/c1-2-3-4-5-6-7-8-12(15)13-11-14(16)9-10-17-13/h12-13,15H,2-11H2,1H3/q-1. The molecule has 0 spiro atoms. The minimum absolute atomic E-state index is 0.281. The summed E-state index contributed by atoms with van der Waals surface area (Å²) in [4.78, 5) is 0. The lowest BCUT2D eigenvalue weighted by atomic mass is 10.0. The number of nitrogens with zero attached hydrogens (tertiary/aromatic N) is 1. The van der Waals surface area contributed by atoms with Gasteiger partial charge < -0.3 is 20.1 Å². The summed E-state index contributed by atoms with van der Waals surface area (Å²) in [6.45, 7) is 3.40. The van der Waals surface area contributed by atoms with Gasteiger partial charge in [0.15, 0.2) is 0 Å². The zero-order valence-corrected chi connectivity index (χ0v) is 10.9. The number of morpholine rings is 1. The molecule has 0 bridgehead atoms. The number of aliphatic hydroxyl groups is 1. The van der Waals surface area contributed by atoms with E-state index < -0.39 is 6.10 Å². The summed E-state index contributed by atoms with van der Waals surface area (Å²) in [6, 6.07) is 0. The van der Waals surface area contributed by atoms with Crippen LogP contribution in [0, 0.1) is 5.21 Å². The van der Waals surface area contributed by atoms with E-state index in [0.29, 0.717) is 19.7 Å². The van der Waals surface area contributed by atoms with E-state index in [9.17, 15) is 10.3 Å². The Labute approximate surface area is 105 Å². The van der Waals surface area contributed by atoms with Crippen LogP contribution in [0.25, 0.3) is 0 Å². The summed E-state index contributed by atoms with van der Waals surface area (Å²) in [5, 5.41) is 22.0. The first-order valence-electron chi connectivity index (χ1n) is 6.95. The average Bonchev–Trinajstić information content (AvgIpc) is 2.33. The predicted molar refractivity (Wildman–Crippen MR) is 68.7 cm³/mol. The zero-order valence-electron chi connectivity index (χ0n) is 10.9. The highest BCUT2D eigenvalue weighted by molar-refractivity contribution is 4.77. The summed E-state index contributed by atoms with van der Waals surface area (Å²) in [5.74, 6) is 0. The largest absolute Gasteiger partial charge is 0.785 e. The quantitative estimate of drug-likeness (QED) is 0.666. The molecule has 0 aromatic heterocycles. The number of hydrogen-bond acceptors (Lipinski definition) is 4. The van der Waals surface area contributed by atoms with E-state index >= 15 is 0 Å². The van der Waals surface area contributed by atoms with Gasteiger partial charge in [-0.05, 0) is 6.42 Å². The number of rotatable bonds is 8. The molecule has 4 heteroatoms. The molecule has 1 fully saturated rings. The molecule has 2 unspecified atom stereocenters. The second-order valence-electron chi connectivity index (χ2n) is 4.92.